The van der Waals surface area contributed by atoms with Crippen LogP contribution in [-0.4, -0.2) is 40.7 Å². The minimum atomic E-state index is 0.0114. The fourth-order valence-corrected chi connectivity index (χ4v) is 3.54. The number of hydrogen-bond acceptors (Lipinski definition) is 4. The zero-order valence-corrected chi connectivity index (χ0v) is 13.1. The zero-order chi connectivity index (χ0) is 15.4. The number of aromatic nitrogens is 1. The van der Waals surface area contributed by atoms with Crippen molar-refractivity contribution >= 4 is 17.7 Å². The van der Waals surface area contributed by atoms with E-state index < -0.39 is 0 Å². The van der Waals surface area contributed by atoms with E-state index in [9.17, 15) is 4.79 Å². The molecule has 1 aliphatic rings. The first kappa shape index (κ1) is 15.1. The Hall–Kier alpha value is -1.85. The summed E-state index contributed by atoms with van der Waals surface area (Å²) in [5.74, 6) is 0.824. The highest BCUT2D eigenvalue weighted by molar-refractivity contribution is 8.00. The van der Waals surface area contributed by atoms with Gasteiger partial charge in [0.25, 0.3) is 0 Å². The highest BCUT2D eigenvalue weighted by Gasteiger charge is 2.33. The molecular formula is C17H19N3OS. The Morgan fingerprint density at radius 2 is 1.91 bits per heavy atom. The lowest BCUT2D eigenvalue weighted by molar-refractivity contribution is -0.127. The summed E-state index contributed by atoms with van der Waals surface area (Å²) in [6.45, 7) is 1.34. The maximum Gasteiger partial charge on any atom is 0.233 e. The SMILES string of the molecule is N[C@@H]1CN(C(=O)CSc2ccncc2)C[C@H]1c1ccccc1. The van der Waals surface area contributed by atoms with E-state index >= 15 is 0 Å². The van der Waals surface area contributed by atoms with Gasteiger partial charge in [-0.3, -0.25) is 9.78 Å². The minimum absolute atomic E-state index is 0.0114. The molecule has 0 aliphatic carbocycles. The fourth-order valence-electron chi connectivity index (χ4n) is 2.76. The summed E-state index contributed by atoms with van der Waals surface area (Å²) < 4.78 is 0. The smallest absolute Gasteiger partial charge is 0.233 e. The number of amides is 1. The molecule has 1 amide bonds. The van der Waals surface area contributed by atoms with E-state index in [4.69, 9.17) is 5.73 Å². The average molecular weight is 313 g/mol. The number of thioether (sulfide) groups is 1. The molecule has 0 spiro atoms. The van der Waals surface area contributed by atoms with Gasteiger partial charge in [0.15, 0.2) is 0 Å². The molecular weight excluding hydrogens is 294 g/mol. The van der Waals surface area contributed by atoms with Gasteiger partial charge in [0.05, 0.1) is 5.75 Å². The number of nitrogens with two attached hydrogens (primary N) is 1. The Balaban J connectivity index is 1.58. The molecule has 0 radical (unpaired) electrons. The van der Waals surface area contributed by atoms with Crippen LogP contribution in [0.2, 0.25) is 0 Å². The maximum absolute atomic E-state index is 12.4. The Kier molecular flexibility index (Phi) is 4.75. The van der Waals surface area contributed by atoms with Crippen LogP contribution in [0, 0.1) is 0 Å². The van der Waals surface area contributed by atoms with Crippen molar-refractivity contribution in [1.29, 1.82) is 0 Å². The normalized spacial score (nSPS) is 21.0. The van der Waals surface area contributed by atoms with Gasteiger partial charge >= 0.3 is 0 Å². The van der Waals surface area contributed by atoms with Crippen molar-refractivity contribution in [1.82, 2.24) is 9.88 Å². The first-order valence-electron chi connectivity index (χ1n) is 7.35. The predicted octanol–water partition coefficient (Wildman–Crippen LogP) is 2.13. The van der Waals surface area contributed by atoms with E-state index in [0.717, 1.165) is 4.90 Å². The van der Waals surface area contributed by atoms with Crippen LogP contribution in [0.5, 0.6) is 0 Å². The molecule has 22 heavy (non-hydrogen) atoms. The summed E-state index contributed by atoms with van der Waals surface area (Å²) >= 11 is 1.54. The Labute approximate surface area is 134 Å². The molecule has 114 valence electrons. The monoisotopic (exact) mass is 313 g/mol. The highest BCUT2D eigenvalue weighted by Crippen LogP contribution is 2.27. The second-order valence-corrected chi connectivity index (χ2v) is 6.50. The highest BCUT2D eigenvalue weighted by atomic mass is 32.2. The Morgan fingerprint density at radius 3 is 2.64 bits per heavy atom. The van der Waals surface area contributed by atoms with Gasteiger partial charge in [-0.05, 0) is 17.7 Å². The molecule has 1 aliphatic heterocycles. The molecule has 0 saturated carbocycles. The number of hydrogen-bond donors (Lipinski definition) is 1. The van der Waals surface area contributed by atoms with Gasteiger partial charge in [0.2, 0.25) is 5.91 Å². The predicted molar refractivity (Wildman–Crippen MR) is 88.7 cm³/mol. The molecule has 2 aromatic rings. The van der Waals surface area contributed by atoms with Crippen LogP contribution in [0.15, 0.2) is 59.8 Å². The molecule has 3 rings (SSSR count). The molecule has 1 aromatic carbocycles. The summed E-state index contributed by atoms with van der Waals surface area (Å²) in [5.41, 5.74) is 7.45. The van der Waals surface area contributed by atoms with Crippen LogP contribution >= 0.6 is 11.8 Å². The Morgan fingerprint density at radius 1 is 1.18 bits per heavy atom. The molecule has 1 fully saturated rings. The van der Waals surface area contributed by atoms with Gasteiger partial charge in [-0.2, -0.15) is 0 Å². The van der Waals surface area contributed by atoms with Crippen molar-refractivity contribution in [2.24, 2.45) is 5.73 Å². The topological polar surface area (TPSA) is 59.2 Å². The van der Waals surface area contributed by atoms with Crippen molar-refractivity contribution in [2.75, 3.05) is 18.8 Å². The number of likely N-dealkylation sites (tertiary alicyclic amines) is 1. The second-order valence-electron chi connectivity index (χ2n) is 5.45. The van der Waals surface area contributed by atoms with Gasteiger partial charge < -0.3 is 10.6 Å². The van der Waals surface area contributed by atoms with Crippen LogP contribution in [0.3, 0.4) is 0 Å². The molecule has 2 atom stereocenters. The lowest BCUT2D eigenvalue weighted by Gasteiger charge is -2.16. The van der Waals surface area contributed by atoms with Gasteiger partial charge in [-0.1, -0.05) is 30.3 Å². The molecule has 4 nitrogen and oxygen atoms in total. The summed E-state index contributed by atoms with van der Waals surface area (Å²) in [7, 11) is 0. The van der Waals surface area contributed by atoms with Gasteiger partial charge in [0, 0.05) is 42.3 Å². The van der Waals surface area contributed by atoms with E-state index in [1.807, 2.05) is 35.2 Å². The van der Waals surface area contributed by atoms with E-state index in [-0.39, 0.29) is 17.9 Å². The van der Waals surface area contributed by atoms with Crippen molar-refractivity contribution in [2.45, 2.75) is 16.9 Å². The van der Waals surface area contributed by atoms with Gasteiger partial charge in [0.1, 0.15) is 0 Å². The molecule has 0 unspecified atom stereocenters. The number of rotatable bonds is 4. The summed E-state index contributed by atoms with van der Waals surface area (Å²) in [5, 5.41) is 0. The van der Waals surface area contributed by atoms with Crippen molar-refractivity contribution in [3.8, 4) is 0 Å². The standard InChI is InChI=1S/C17H19N3OS/c18-16-11-20(10-15(16)13-4-2-1-3-5-13)17(21)12-22-14-6-8-19-9-7-14/h1-9,15-16H,10-12,18H2/t15-,16+/m0/s1. The second kappa shape index (κ2) is 6.94. The van der Waals surface area contributed by atoms with Crippen LogP contribution in [0.1, 0.15) is 11.5 Å². The lowest BCUT2D eigenvalue weighted by Crippen LogP contribution is -2.33. The fraction of sp³-hybridized carbons (Fsp3) is 0.294. The average Bonchev–Trinajstić information content (AvgIpc) is 2.96. The minimum Gasteiger partial charge on any atom is -0.340 e. The lowest BCUT2D eigenvalue weighted by atomic mass is 9.95. The molecule has 0 bridgehead atoms. The summed E-state index contributed by atoms with van der Waals surface area (Å²) in [4.78, 5) is 19.3. The largest absolute Gasteiger partial charge is 0.340 e. The van der Waals surface area contributed by atoms with Crippen molar-refractivity contribution in [3.63, 3.8) is 0 Å². The number of pyridine rings is 1. The quantitative estimate of drug-likeness (QED) is 0.879. The molecule has 2 heterocycles. The van der Waals surface area contributed by atoms with E-state index in [1.54, 1.807) is 24.2 Å². The third-order valence-corrected chi connectivity index (χ3v) is 4.95. The van der Waals surface area contributed by atoms with Crippen LogP contribution in [0.25, 0.3) is 0 Å². The molecule has 2 N–H and O–H groups in total. The maximum atomic E-state index is 12.4. The molecule has 5 heteroatoms. The van der Waals surface area contributed by atoms with Gasteiger partial charge in [-0.25, -0.2) is 0 Å². The van der Waals surface area contributed by atoms with E-state index in [2.05, 4.69) is 17.1 Å². The third kappa shape index (κ3) is 3.48. The van der Waals surface area contributed by atoms with E-state index in [0.29, 0.717) is 18.8 Å². The van der Waals surface area contributed by atoms with Crippen molar-refractivity contribution in [3.05, 3.63) is 60.4 Å². The Bertz CT molecular complexity index is 620. The van der Waals surface area contributed by atoms with Crippen LogP contribution in [-0.2, 0) is 4.79 Å². The summed E-state index contributed by atoms with van der Waals surface area (Å²) in [6, 6.07) is 14.1. The van der Waals surface area contributed by atoms with Crippen LogP contribution < -0.4 is 5.73 Å². The van der Waals surface area contributed by atoms with Crippen molar-refractivity contribution < 1.29 is 4.79 Å². The first-order valence-corrected chi connectivity index (χ1v) is 8.34. The number of benzene rings is 1. The molecule has 1 saturated heterocycles. The van der Waals surface area contributed by atoms with E-state index in [1.165, 1.54) is 5.56 Å². The molecule has 1 aromatic heterocycles. The van der Waals surface area contributed by atoms with Gasteiger partial charge in [-0.15, -0.1) is 11.8 Å². The summed E-state index contributed by atoms with van der Waals surface area (Å²) in [6.07, 6.45) is 3.48. The number of carbonyl (C=O) groups is 1. The zero-order valence-electron chi connectivity index (χ0n) is 12.3. The number of nitrogens with zero attached hydrogens (tertiary/aromatic N) is 2. The number of carbonyl (C=O) groups excluding carboxylic acids is 1. The third-order valence-electron chi connectivity index (χ3n) is 3.96. The van der Waals surface area contributed by atoms with Crippen LogP contribution in [0.4, 0.5) is 0 Å². The first-order chi connectivity index (χ1) is 10.7.